The molecule has 8 heteroatoms. The summed E-state index contributed by atoms with van der Waals surface area (Å²) in [6, 6.07) is 5.80. The molecule has 1 atom stereocenters. The molecule has 0 aromatic heterocycles. The van der Waals surface area contributed by atoms with Gasteiger partial charge in [-0.3, -0.25) is 14.5 Å². The Balaban J connectivity index is 2.42. The number of hydrogen-bond acceptors (Lipinski definition) is 5. The molecule has 2 N–H and O–H groups in total. The van der Waals surface area contributed by atoms with Crippen LogP contribution in [0.15, 0.2) is 29.2 Å². The predicted octanol–water partition coefficient (Wildman–Crippen LogP) is 0.376. The van der Waals surface area contributed by atoms with Gasteiger partial charge in [0.15, 0.2) is 9.84 Å². The Morgan fingerprint density at radius 1 is 1.14 bits per heavy atom. The van der Waals surface area contributed by atoms with E-state index in [9.17, 15) is 18.0 Å². The first-order chi connectivity index (χ1) is 9.81. The summed E-state index contributed by atoms with van der Waals surface area (Å²) in [4.78, 5) is 23.3. The van der Waals surface area contributed by atoms with Gasteiger partial charge in [0.1, 0.15) is 0 Å². The second kappa shape index (κ2) is 5.82. The number of carboxylic acid groups (broad SMARTS) is 2. The van der Waals surface area contributed by atoms with Crippen molar-refractivity contribution in [3.05, 3.63) is 29.8 Å². The van der Waals surface area contributed by atoms with Crippen LogP contribution < -0.4 is 0 Å². The van der Waals surface area contributed by atoms with E-state index in [0.717, 1.165) is 0 Å². The molecule has 7 nitrogen and oxygen atoms in total. The third-order valence-corrected chi connectivity index (χ3v) is 5.21. The molecule has 1 aliphatic heterocycles. The smallest absolute Gasteiger partial charge is 0.317 e. The van der Waals surface area contributed by atoms with E-state index < -0.39 is 40.9 Å². The summed E-state index contributed by atoms with van der Waals surface area (Å²) < 4.78 is 24.1. The highest BCUT2D eigenvalue weighted by Gasteiger charge is 2.34. The molecule has 2 rings (SSSR count). The molecular weight excluding hydrogens is 298 g/mol. The van der Waals surface area contributed by atoms with Crippen molar-refractivity contribution in [2.75, 3.05) is 18.8 Å². The maximum Gasteiger partial charge on any atom is 0.317 e. The maximum atomic E-state index is 12.0. The van der Waals surface area contributed by atoms with Crippen molar-refractivity contribution in [1.82, 2.24) is 4.90 Å². The number of fused-ring (bicyclic) bond motifs is 1. The van der Waals surface area contributed by atoms with Crippen LogP contribution in [-0.4, -0.2) is 54.3 Å². The van der Waals surface area contributed by atoms with Crippen LogP contribution in [0.2, 0.25) is 0 Å². The van der Waals surface area contributed by atoms with Crippen molar-refractivity contribution in [1.29, 1.82) is 0 Å². The topological polar surface area (TPSA) is 112 Å². The van der Waals surface area contributed by atoms with Crippen LogP contribution in [-0.2, 0) is 19.4 Å². The minimum Gasteiger partial charge on any atom is -0.480 e. The van der Waals surface area contributed by atoms with Crippen LogP contribution in [0.5, 0.6) is 0 Å². The number of sulfone groups is 1. The van der Waals surface area contributed by atoms with Crippen molar-refractivity contribution in [3.63, 3.8) is 0 Å². The summed E-state index contributed by atoms with van der Waals surface area (Å²) in [7, 11) is -3.39. The number of benzene rings is 1. The molecule has 0 radical (unpaired) electrons. The molecule has 0 amide bonds. The van der Waals surface area contributed by atoms with E-state index in [1.165, 1.54) is 11.0 Å². The third kappa shape index (κ3) is 3.40. The van der Waals surface area contributed by atoms with Crippen molar-refractivity contribution >= 4 is 21.8 Å². The van der Waals surface area contributed by atoms with Crippen LogP contribution in [0.3, 0.4) is 0 Å². The monoisotopic (exact) mass is 313 g/mol. The van der Waals surface area contributed by atoms with E-state index in [0.29, 0.717) is 5.56 Å². The van der Waals surface area contributed by atoms with Gasteiger partial charge in [-0.1, -0.05) is 18.2 Å². The number of carboxylic acids is 2. The molecule has 0 aliphatic carbocycles. The van der Waals surface area contributed by atoms with E-state index in [4.69, 9.17) is 10.2 Å². The molecule has 0 saturated heterocycles. The summed E-state index contributed by atoms with van der Waals surface area (Å²) >= 11 is 0. The highest BCUT2D eigenvalue weighted by molar-refractivity contribution is 7.91. The van der Waals surface area contributed by atoms with Crippen LogP contribution in [0, 0.1) is 0 Å². The van der Waals surface area contributed by atoms with E-state index in [1.54, 1.807) is 18.2 Å². The van der Waals surface area contributed by atoms with Gasteiger partial charge in [0.05, 0.1) is 23.7 Å². The minimum absolute atomic E-state index is 0.121. The Morgan fingerprint density at radius 2 is 1.71 bits per heavy atom. The maximum absolute atomic E-state index is 12.0. The lowest BCUT2D eigenvalue weighted by Crippen LogP contribution is -2.40. The zero-order chi connectivity index (χ0) is 15.6. The van der Waals surface area contributed by atoms with Crippen LogP contribution in [0.25, 0.3) is 0 Å². The zero-order valence-electron chi connectivity index (χ0n) is 11.1. The number of nitrogens with zero attached hydrogens (tertiary/aromatic N) is 1. The van der Waals surface area contributed by atoms with Gasteiger partial charge >= 0.3 is 11.9 Å². The first kappa shape index (κ1) is 15.5. The standard InChI is InChI=1S/C13H15NO6S/c15-12(16)7-14(8-13(17)18)10-5-6-21(19,20)11-4-2-1-3-9(10)11/h1-4,10H,5-8H2,(H,15,16)(H,17,18). The van der Waals surface area contributed by atoms with Crippen molar-refractivity contribution in [2.45, 2.75) is 17.4 Å². The zero-order valence-corrected chi connectivity index (χ0v) is 11.9. The van der Waals surface area contributed by atoms with Gasteiger partial charge in [0.25, 0.3) is 0 Å². The summed E-state index contributed by atoms with van der Waals surface area (Å²) in [6.07, 6.45) is 0.180. The SMILES string of the molecule is O=C(O)CN(CC(=O)O)C1CCS(=O)(=O)c2ccccc21. The Bertz CT molecular complexity index is 653. The van der Waals surface area contributed by atoms with E-state index in [2.05, 4.69) is 0 Å². The second-order valence-corrected chi connectivity index (χ2v) is 6.93. The Morgan fingerprint density at radius 3 is 2.29 bits per heavy atom. The predicted molar refractivity (Wildman–Crippen MR) is 72.7 cm³/mol. The highest BCUT2D eigenvalue weighted by Crippen LogP contribution is 2.35. The fraction of sp³-hybridized carbons (Fsp3) is 0.385. The summed E-state index contributed by atoms with van der Waals surface area (Å²) in [5, 5.41) is 17.9. The summed E-state index contributed by atoms with van der Waals surface area (Å²) in [5.41, 5.74) is 0.464. The van der Waals surface area contributed by atoms with Crippen LogP contribution in [0.1, 0.15) is 18.0 Å². The number of aliphatic carboxylic acids is 2. The molecule has 1 aliphatic rings. The molecule has 1 aromatic rings. The average molecular weight is 313 g/mol. The molecular formula is C13H15NO6S. The van der Waals surface area contributed by atoms with Gasteiger partial charge < -0.3 is 10.2 Å². The average Bonchev–Trinajstić information content (AvgIpc) is 2.37. The fourth-order valence-corrected chi connectivity index (χ4v) is 4.18. The number of rotatable bonds is 5. The second-order valence-electron chi connectivity index (χ2n) is 4.85. The lowest BCUT2D eigenvalue weighted by atomic mass is 10.0. The van der Waals surface area contributed by atoms with Crippen LogP contribution >= 0.6 is 0 Å². The van der Waals surface area contributed by atoms with Crippen molar-refractivity contribution < 1.29 is 28.2 Å². The van der Waals surface area contributed by atoms with Crippen LogP contribution in [0.4, 0.5) is 0 Å². The lowest BCUT2D eigenvalue weighted by Gasteiger charge is -2.33. The van der Waals surface area contributed by atoms with Crippen molar-refractivity contribution in [3.8, 4) is 0 Å². The summed E-state index contributed by atoms with van der Waals surface area (Å²) in [6.45, 7) is -0.906. The highest BCUT2D eigenvalue weighted by atomic mass is 32.2. The van der Waals surface area contributed by atoms with Gasteiger partial charge in [-0.15, -0.1) is 0 Å². The van der Waals surface area contributed by atoms with E-state index >= 15 is 0 Å². The molecule has 0 saturated carbocycles. The molecule has 114 valence electrons. The lowest BCUT2D eigenvalue weighted by molar-refractivity contribution is -0.143. The third-order valence-electron chi connectivity index (χ3n) is 3.39. The largest absolute Gasteiger partial charge is 0.480 e. The van der Waals surface area contributed by atoms with Gasteiger partial charge in [-0.05, 0) is 18.1 Å². The number of hydrogen-bond donors (Lipinski definition) is 2. The van der Waals surface area contributed by atoms with Gasteiger partial charge in [-0.2, -0.15) is 0 Å². The molecule has 0 spiro atoms. The first-order valence-electron chi connectivity index (χ1n) is 6.30. The minimum atomic E-state index is -3.39. The van der Waals surface area contributed by atoms with Crippen molar-refractivity contribution in [2.24, 2.45) is 0 Å². The normalized spacial score (nSPS) is 20.0. The van der Waals surface area contributed by atoms with E-state index in [-0.39, 0.29) is 17.1 Å². The fourth-order valence-electron chi connectivity index (χ4n) is 2.57. The molecule has 21 heavy (non-hydrogen) atoms. The Labute approximate surface area is 121 Å². The van der Waals surface area contributed by atoms with Gasteiger partial charge in [-0.25, -0.2) is 8.42 Å². The Kier molecular flexibility index (Phi) is 4.29. The Hall–Kier alpha value is -1.93. The van der Waals surface area contributed by atoms with Gasteiger partial charge in [0, 0.05) is 6.04 Å². The molecule has 0 fully saturated rings. The molecule has 1 unspecified atom stereocenters. The van der Waals surface area contributed by atoms with E-state index in [1.807, 2.05) is 0 Å². The molecule has 0 bridgehead atoms. The first-order valence-corrected chi connectivity index (χ1v) is 7.96. The van der Waals surface area contributed by atoms with Gasteiger partial charge in [0.2, 0.25) is 0 Å². The number of carbonyl (C=O) groups is 2. The molecule has 1 heterocycles. The summed E-state index contributed by atoms with van der Waals surface area (Å²) in [5.74, 6) is -2.42. The molecule has 1 aromatic carbocycles. The quantitative estimate of drug-likeness (QED) is 0.808.